The van der Waals surface area contributed by atoms with Crippen LogP contribution in [0.25, 0.3) is 11.0 Å². The molecule has 35 heavy (non-hydrogen) atoms. The number of nitrogens with zero attached hydrogens (tertiary/aromatic N) is 3. The molecule has 1 unspecified atom stereocenters. The molecule has 0 aliphatic carbocycles. The summed E-state index contributed by atoms with van der Waals surface area (Å²) in [4.78, 5) is 19.7. The average Bonchev–Trinajstić information content (AvgIpc) is 3.45. The molecule has 1 atom stereocenters. The van der Waals surface area contributed by atoms with Crippen LogP contribution in [-0.2, 0) is 11.3 Å². The maximum Gasteiger partial charge on any atom is 0.227 e. The maximum absolute atomic E-state index is 13.1. The van der Waals surface area contributed by atoms with E-state index in [0.717, 1.165) is 16.9 Å². The molecule has 1 aliphatic rings. The van der Waals surface area contributed by atoms with E-state index in [-0.39, 0.29) is 11.8 Å². The van der Waals surface area contributed by atoms with Crippen molar-refractivity contribution in [3.8, 4) is 17.2 Å². The smallest absolute Gasteiger partial charge is 0.227 e. The number of amides is 1. The van der Waals surface area contributed by atoms with Gasteiger partial charge in [-0.15, -0.1) is 0 Å². The molecule has 0 bridgehead atoms. The van der Waals surface area contributed by atoms with Crippen LogP contribution in [0.2, 0.25) is 5.02 Å². The monoisotopic (exact) mass is 491 g/mol. The molecule has 0 saturated carbocycles. The van der Waals surface area contributed by atoms with Gasteiger partial charge in [0.05, 0.1) is 42.5 Å². The van der Waals surface area contributed by atoms with Crippen molar-refractivity contribution in [2.24, 2.45) is 0 Å². The number of hydrogen-bond donors (Lipinski definition) is 0. The average molecular weight is 492 g/mol. The van der Waals surface area contributed by atoms with E-state index in [2.05, 4.69) is 4.57 Å². The third-order valence-electron chi connectivity index (χ3n) is 6.26. The standard InChI is InChI=1S/C27H26ClN3O4/c1-33-19-11-12-20(28)23(16-19)31-17-18(15-26(31)32)27-29-21-7-3-4-8-22(21)30(27)13-14-35-25-10-6-5-9-24(25)34-2/h3-12,16,18H,13-15,17H2,1-2H3. The third kappa shape index (κ3) is 4.51. The summed E-state index contributed by atoms with van der Waals surface area (Å²) >= 11 is 6.44. The van der Waals surface area contributed by atoms with Crippen molar-refractivity contribution in [3.63, 3.8) is 0 Å². The summed E-state index contributed by atoms with van der Waals surface area (Å²) in [6, 6.07) is 20.9. The highest BCUT2D eigenvalue weighted by molar-refractivity contribution is 6.34. The van der Waals surface area contributed by atoms with Gasteiger partial charge in [0.2, 0.25) is 5.91 Å². The van der Waals surface area contributed by atoms with Gasteiger partial charge in [-0.1, -0.05) is 35.9 Å². The summed E-state index contributed by atoms with van der Waals surface area (Å²) in [5, 5.41) is 0.513. The summed E-state index contributed by atoms with van der Waals surface area (Å²) in [7, 11) is 3.22. The Hall–Kier alpha value is -3.71. The van der Waals surface area contributed by atoms with Gasteiger partial charge in [0.15, 0.2) is 11.5 Å². The van der Waals surface area contributed by atoms with Crippen molar-refractivity contribution < 1.29 is 19.0 Å². The third-order valence-corrected chi connectivity index (χ3v) is 6.58. The molecule has 2 heterocycles. The van der Waals surface area contributed by atoms with Crippen LogP contribution in [-0.4, -0.2) is 42.8 Å². The highest BCUT2D eigenvalue weighted by atomic mass is 35.5. The van der Waals surface area contributed by atoms with E-state index in [4.69, 9.17) is 30.8 Å². The summed E-state index contributed by atoms with van der Waals surface area (Å²) in [6.45, 7) is 1.50. The normalized spacial score (nSPS) is 15.6. The van der Waals surface area contributed by atoms with E-state index in [9.17, 15) is 4.79 Å². The number of imidazole rings is 1. The van der Waals surface area contributed by atoms with E-state index in [1.54, 1.807) is 37.3 Å². The van der Waals surface area contributed by atoms with Gasteiger partial charge in [0.25, 0.3) is 0 Å². The number of hydrogen-bond acceptors (Lipinski definition) is 5. The number of ether oxygens (including phenoxy) is 3. The van der Waals surface area contributed by atoms with Gasteiger partial charge >= 0.3 is 0 Å². The van der Waals surface area contributed by atoms with E-state index in [1.807, 2.05) is 48.5 Å². The number of fused-ring (bicyclic) bond motifs is 1. The van der Waals surface area contributed by atoms with Crippen LogP contribution in [0.3, 0.4) is 0 Å². The van der Waals surface area contributed by atoms with Crippen molar-refractivity contribution in [2.45, 2.75) is 18.9 Å². The molecule has 0 radical (unpaired) electrons. The zero-order valence-electron chi connectivity index (χ0n) is 19.6. The summed E-state index contributed by atoms with van der Waals surface area (Å²) < 4.78 is 18.9. The number of carbonyl (C=O) groups is 1. The van der Waals surface area contributed by atoms with E-state index in [0.29, 0.717) is 54.1 Å². The Kier molecular flexibility index (Phi) is 6.51. The van der Waals surface area contributed by atoms with E-state index >= 15 is 0 Å². The molecule has 1 aliphatic heterocycles. The minimum absolute atomic E-state index is 0.00836. The van der Waals surface area contributed by atoms with Gasteiger partial charge in [0.1, 0.15) is 18.2 Å². The lowest BCUT2D eigenvalue weighted by atomic mass is 10.1. The number of carbonyl (C=O) groups excluding carboxylic acids is 1. The number of methoxy groups -OCH3 is 2. The molecular weight excluding hydrogens is 466 g/mol. The first-order valence-electron chi connectivity index (χ1n) is 11.4. The summed E-state index contributed by atoms with van der Waals surface area (Å²) in [5.41, 5.74) is 2.56. The van der Waals surface area contributed by atoms with Crippen LogP contribution >= 0.6 is 11.6 Å². The molecule has 180 valence electrons. The zero-order chi connectivity index (χ0) is 24.4. The predicted molar refractivity (Wildman–Crippen MR) is 136 cm³/mol. The van der Waals surface area contributed by atoms with Gasteiger partial charge in [-0.25, -0.2) is 4.98 Å². The van der Waals surface area contributed by atoms with Gasteiger partial charge in [0, 0.05) is 24.9 Å². The van der Waals surface area contributed by atoms with Crippen molar-refractivity contribution in [1.82, 2.24) is 9.55 Å². The predicted octanol–water partition coefficient (Wildman–Crippen LogP) is 5.31. The van der Waals surface area contributed by atoms with Gasteiger partial charge in [-0.3, -0.25) is 4.79 Å². The molecule has 1 saturated heterocycles. The van der Waals surface area contributed by atoms with Crippen molar-refractivity contribution in [2.75, 3.05) is 32.3 Å². The Balaban J connectivity index is 1.42. The fourth-order valence-corrected chi connectivity index (χ4v) is 4.78. The number of para-hydroxylation sites is 4. The van der Waals surface area contributed by atoms with Gasteiger partial charge in [-0.05, 0) is 36.4 Å². The summed E-state index contributed by atoms with van der Waals surface area (Å²) in [6.07, 6.45) is 0.351. The number of halogens is 1. The van der Waals surface area contributed by atoms with Crippen LogP contribution in [0.5, 0.6) is 17.2 Å². The Morgan fingerprint density at radius 2 is 1.77 bits per heavy atom. The molecule has 3 aromatic carbocycles. The Labute approximate surface area is 208 Å². The fraction of sp³-hybridized carbons (Fsp3) is 0.259. The molecule has 1 fully saturated rings. The molecule has 1 aromatic heterocycles. The first kappa shape index (κ1) is 23.1. The van der Waals surface area contributed by atoms with Crippen LogP contribution in [0.4, 0.5) is 5.69 Å². The molecule has 5 rings (SSSR count). The van der Waals surface area contributed by atoms with E-state index in [1.165, 1.54) is 0 Å². The van der Waals surface area contributed by atoms with Crippen LogP contribution in [0.15, 0.2) is 66.7 Å². The van der Waals surface area contributed by atoms with Crippen LogP contribution in [0, 0.1) is 0 Å². The van der Waals surface area contributed by atoms with E-state index < -0.39 is 0 Å². The second-order valence-corrected chi connectivity index (χ2v) is 8.74. The first-order valence-corrected chi connectivity index (χ1v) is 11.8. The fourth-order valence-electron chi connectivity index (χ4n) is 4.57. The number of aromatic nitrogens is 2. The van der Waals surface area contributed by atoms with Gasteiger partial charge in [-0.2, -0.15) is 0 Å². The number of benzene rings is 3. The zero-order valence-corrected chi connectivity index (χ0v) is 20.4. The quantitative estimate of drug-likeness (QED) is 0.334. The molecule has 1 amide bonds. The molecule has 7 nitrogen and oxygen atoms in total. The minimum Gasteiger partial charge on any atom is -0.497 e. The highest BCUT2D eigenvalue weighted by Crippen LogP contribution is 2.38. The van der Waals surface area contributed by atoms with Crippen molar-refractivity contribution in [1.29, 1.82) is 0 Å². The summed E-state index contributed by atoms with van der Waals surface area (Å²) in [5.74, 6) is 2.83. The maximum atomic E-state index is 13.1. The first-order chi connectivity index (χ1) is 17.1. The molecular formula is C27H26ClN3O4. The minimum atomic E-state index is -0.0802. The number of anilines is 1. The second-order valence-electron chi connectivity index (χ2n) is 8.33. The lowest BCUT2D eigenvalue weighted by molar-refractivity contribution is -0.117. The molecule has 4 aromatic rings. The van der Waals surface area contributed by atoms with Crippen molar-refractivity contribution >= 4 is 34.2 Å². The molecule has 0 spiro atoms. The Morgan fingerprint density at radius 3 is 2.57 bits per heavy atom. The molecule has 0 N–H and O–H groups in total. The highest BCUT2D eigenvalue weighted by Gasteiger charge is 2.35. The second kappa shape index (κ2) is 9.88. The largest absolute Gasteiger partial charge is 0.497 e. The van der Waals surface area contributed by atoms with Gasteiger partial charge < -0.3 is 23.7 Å². The Bertz CT molecular complexity index is 1370. The number of rotatable bonds is 8. The SMILES string of the molecule is COc1ccc(Cl)c(N2CC(c3nc4ccccc4n3CCOc3ccccc3OC)CC2=O)c1. The molecule has 8 heteroatoms. The van der Waals surface area contributed by atoms with Crippen LogP contribution < -0.4 is 19.1 Å². The van der Waals surface area contributed by atoms with Crippen LogP contribution in [0.1, 0.15) is 18.2 Å². The topological polar surface area (TPSA) is 65.8 Å². The lowest BCUT2D eigenvalue weighted by Gasteiger charge is -2.19. The van der Waals surface area contributed by atoms with Crippen molar-refractivity contribution in [3.05, 3.63) is 77.6 Å². The Morgan fingerprint density at radius 1 is 1.00 bits per heavy atom. The lowest BCUT2D eigenvalue weighted by Crippen LogP contribution is -2.25.